The molecule has 0 atom stereocenters. The summed E-state index contributed by atoms with van der Waals surface area (Å²) >= 11 is 0. The molecule has 0 spiro atoms. The van der Waals surface area contributed by atoms with E-state index in [0.717, 1.165) is 36.6 Å². The van der Waals surface area contributed by atoms with Gasteiger partial charge in [-0.15, -0.1) is 12.4 Å². The molecule has 0 amide bonds. The molecule has 0 saturated carbocycles. The molecule has 0 aliphatic carbocycles. The van der Waals surface area contributed by atoms with Crippen LogP contribution >= 0.6 is 12.4 Å². The molecule has 0 saturated heterocycles. The lowest BCUT2D eigenvalue weighted by Gasteiger charge is -2.02. The van der Waals surface area contributed by atoms with Gasteiger partial charge in [-0.05, 0) is 32.9 Å². The Labute approximate surface area is 177 Å². The fraction of sp³-hybridized carbons (Fsp3) is 0.400. The van der Waals surface area contributed by atoms with Crippen molar-refractivity contribution in [1.29, 1.82) is 0 Å². The number of hydrogen-bond acceptors (Lipinski definition) is 5. The first-order valence-corrected chi connectivity index (χ1v) is 8.53. The highest BCUT2D eigenvalue weighted by molar-refractivity contribution is 5.85. The Bertz CT molecular complexity index is 753. The topological polar surface area (TPSA) is 112 Å². The normalized spacial score (nSPS) is 8.76. The number of halogens is 2. The molecule has 0 aliphatic heterocycles. The fourth-order valence-corrected chi connectivity index (χ4v) is 2.31. The van der Waals surface area contributed by atoms with E-state index in [1.807, 2.05) is 26.0 Å². The van der Waals surface area contributed by atoms with E-state index in [-0.39, 0.29) is 30.4 Å². The van der Waals surface area contributed by atoms with E-state index in [1.54, 1.807) is 13.0 Å². The van der Waals surface area contributed by atoms with Gasteiger partial charge in [0.1, 0.15) is 0 Å². The summed E-state index contributed by atoms with van der Waals surface area (Å²) in [5.74, 6) is -0.782. The monoisotopic (exact) mass is 431 g/mol. The minimum Gasteiger partial charge on any atom is -0.331 e. The number of para-hydroxylation sites is 2. The third-order valence-corrected chi connectivity index (χ3v) is 3.39. The third kappa shape index (κ3) is 10.5. The fourth-order valence-electron chi connectivity index (χ4n) is 2.31. The molecule has 0 radical (unpaired) electrons. The molecule has 29 heavy (non-hydrogen) atoms. The highest BCUT2D eigenvalue weighted by Crippen LogP contribution is 2.24. The van der Waals surface area contributed by atoms with Gasteiger partial charge in [-0.1, -0.05) is 58.0 Å². The molecule has 164 valence electrons. The maximum Gasteiger partial charge on any atom is 0.307 e. The van der Waals surface area contributed by atoms with Gasteiger partial charge in [-0.25, -0.2) is 0 Å². The summed E-state index contributed by atoms with van der Waals surface area (Å²) in [6.45, 7) is 7.95. The van der Waals surface area contributed by atoms with E-state index in [9.17, 15) is 24.6 Å². The molecule has 0 aliphatic rings. The van der Waals surface area contributed by atoms with Crippen LogP contribution in [0.4, 0.5) is 15.8 Å². The van der Waals surface area contributed by atoms with E-state index >= 15 is 0 Å². The van der Waals surface area contributed by atoms with Crippen LogP contribution in [0.2, 0.25) is 0 Å². The molecule has 2 aromatic rings. The van der Waals surface area contributed by atoms with Gasteiger partial charge in [0.2, 0.25) is 5.82 Å². The Morgan fingerprint density at radius 2 is 1.34 bits per heavy atom. The number of hydrogen-bond donors (Lipinski definition) is 1. The van der Waals surface area contributed by atoms with Crippen molar-refractivity contribution < 1.29 is 14.2 Å². The molecule has 0 fully saturated rings. The van der Waals surface area contributed by atoms with E-state index in [2.05, 4.69) is 0 Å². The van der Waals surface area contributed by atoms with Crippen molar-refractivity contribution in [3.8, 4) is 0 Å². The van der Waals surface area contributed by atoms with Crippen molar-refractivity contribution >= 4 is 23.8 Å². The van der Waals surface area contributed by atoms with Crippen molar-refractivity contribution in [2.75, 3.05) is 6.54 Å². The van der Waals surface area contributed by atoms with Crippen LogP contribution in [0, 0.1) is 39.9 Å². The zero-order valence-electron chi connectivity index (χ0n) is 16.5. The summed E-state index contributed by atoms with van der Waals surface area (Å²) in [5.41, 5.74) is 6.62. The lowest BCUT2D eigenvalue weighted by atomic mass is 10.0. The minimum absolute atomic E-state index is 0. The molecule has 0 aromatic heterocycles. The summed E-state index contributed by atoms with van der Waals surface area (Å²) in [4.78, 5) is 19.9. The highest BCUT2D eigenvalue weighted by atomic mass is 35.5. The zero-order valence-corrected chi connectivity index (χ0v) is 17.3. The van der Waals surface area contributed by atoms with Crippen LogP contribution in [0.15, 0.2) is 36.4 Å². The van der Waals surface area contributed by atoms with Crippen molar-refractivity contribution in [1.82, 2.24) is 0 Å². The summed E-state index contributed by atoms with van der Waals surface area (Å²) in [5, 5.41) is 20.9. The summed E-state index contributed by atoms with van der Waals surface area (Å²) < 4.78 is 12.7. The Balaban J connectivity index is -0.000000390. The van der Waals surface area contributed by atoms with Gasteiger partial charge < -0.3 is 5.73 Å². The number of nitro groups is 2. The largest absolute Gasteiger partial charge is 0.331 e. The first-order valence-electron chi connectivity index (χ1n) is 8.53. The molecule has 7 nitrogen and oxygen atoms in total. The Kier molecular flexibility index (Phi) is 17.6. The lowest BCUT2D eigenvalue weighted by Crippen LogP contribution is -1.97. The summed E-state index contributed by atoms with van der Waals surface area (Å²) in [6.07, 6.45) is 1.71. The van der Waals surface area contributed by atoms with Gasteiger partial charge in [0.15, 0.2) is 0 Å². The van der Waals surface area contributed by atoms with Gasteiger partial charge in [0.25, 0.3) is 5.69 Å². The number of benzene rings is 2. The first-order chi connectivity index (χ1) is 12.7. The average Bonchev–Trinajstić information content (AvgIpc) is 2.55. The second-order valence-electron chi connectivity index (χ2n) is 5.66. The molecule has 2 N–H and O–H groups in total. The van der Waals surface area contributed by atoms with Crippen molar-refractivity contribution in [3.05, 3.63) is 79.1 Å². The Hall–Kier alpha value is -2.58. The van der Waals surface area contributed by atoms with E-state index in [1.165, 1.54) is 19.1 Å². The number of rotatable bonds is 4. The van der Waals surface area contributed by atoms with Crippen LogP contribution in [-0.2, 0) is 6.42 Å². The van der Waals surface area contributed by atoms with Crippen LogP contribution in [0.25, 0.3) is 0 Å². The smallest absolute Gasteiger partial charge is 0.307 e. The van der Waals surface area contributed by atoms with Crippen molar-refractivity contribution in [2.45, 2.75) is 48.0 Å². The van der Waals surface area contributed by atoms with Gasteiger partial charge in [0, 0.05) is 16.7 Å². The second kappa shape index (κ2) is 16.4. The SMILES string of the molecule is C.CCCc1cccc(C)c1[N+](=O)[O-].CCN.Cc1cccc(F)c1[N+](=O)[O-].Cl. The summed E-state index contributed by atoms with van der Waals surface area (Å²) in [6, 6.07) is 9.49. The predicted molar refractivity (Wildman–Crippen MR) is 118 cm³/mol. The van der Waals surface area contributed by atoms with Crippen molar-refractivity contribution in [3.63, 3.8) is 0 Å². The van der Waals surface area contributed by atoms with Crippen LogP contribution in [0.3, 0.4) is 0 Å². The zero-order chi connectivity index (χ0) is 21.0. The van der Waals surface area contributed by atoms with Crippen LogP contribution in [0.5, 0.6) is 0 Å². The summed E-state index contributed by atoms with van der Waals surface area (Å²) in [7, 11) is 0. The molecule has 2 aromatic carbocycles. The average molecular weight is 432 g/mol. The number of nitrogens with two attached hydrogens (primary N) is 1. The van der Waals surface area contributed by atoms with Crippen LogP contribution < -0.4 is 5.73 Å². The molecule has 0 unspecified atom stereocenters. The van der Waals surface area contributed by atoms with Crippen LogP contribution in [-0.4, -0.2) is 16.4 Å². The van der Waals surface area contributed by atoms with Gasteiger partial charge in [0.05, 0.1) is 9.85 Å². The van der Waals surface area contributed by atoms with E-state index in [4.69, 9.17) is 5.73 Å². The number of aryl methyl sites for hydroxylation is 3. The molecule has 9 heteroatoms. The van der Waals surface area contributed by atoms with Crippen LogP contribution in [0.1, 0.15) is 44.4 Å². The standard InChI is InChI=1S/C10H13NO2.C7H6FNO2.C2H7N.CH4.ClH/c1-3-5-9-7-4-6-8(2)10(9)11(12)13;1-5-3-2-4-6(8)7(5)9(10)11;1-2-3;;/h4,6-7H,3,5H2,1-2H3;2-4H,1H3;2-3H2,1H3;1H4;1H. The maximum absolute atomic E-state index is 12.7. The lowest BCUT2D eigenvalue weighted by molar-refractivity contribution is -0.388. The van der Waals surface area contributed by atoms with Crippen molar-refractivity contribution in [2.24, 2.45) is 5.73 Å². The molecule has 2 rings (SSSR count). The minimum atomic E-state index is -0.782. The molecular formula is C20H31ClFN3O4. The third-order valence-electron chi connectivity index (χ3n) is 3.39. The van der Waals surface area contributed by atoms with E-state index in [0.29, 0.717) is 5.56 Å². The number of nitrogens with zero attached hydrogens (tertiary/aromatic N) is 2. The molecular weight excluding hydrogens is 401 g/mol. The highest BCUT2D eigenvalue weighted by Gasteiger charge is 2.16. The molecule has 0 bridgehead atoms. The quantitative estimate of drug-likeness (QED) is 0.476. The van der Waals surface area contributed by atoms with Gasteiger partial charge in [-0.2, -0.15) is 4.39 Å². The van der Waals surface area contributed by atoms with Gasteiger partial charge >= 0.3 is 5.69 Å². The number of nitro benzene ring substituents is 2. The second-order valence-corrected chi connectivity index (χ2v) is 5.66. The first kappa shape index (κ1) is 31.1. The van der Waals surface area contributed by atoms with E-state index < -0.39 is 16.4 Å². The maximum atomic E-state index is 12.7. The Morgan fingerprint density at radius 1 is 0.931 bits per heavy atom. The Morgan fingerprint density at radius 3 is 1.69 bits per heavy atom. The molecule has 0 heterocycles. The van der Waals surface area contributed by atoms with Gasteiger partial charge in [-0.3, -0.25) is 20.2 Å². The predicted octanol–water partition coefficient (Wildman–Crippen LogP) is 5.92.